The van der Waals surface area contributed by atoms with E-state index in [0.717, 1.165) is 24.4 Å². The van der Waals surface area contributed by atoms with E-state index in [1.54, 1.807) is 6.07 Å². The fourth-order valence-corrected chi connectivity index (χ4v) is 2.44. The molecule has 1 aromatic carbocycles. The first-order valence-electron chi connectivity index (χ1n) is 5.37. The summed E-state index contributed by atoms with van der Waals surface area (Å²) in [5, 5.41) is 3.50. The highest BCUT2D eigenvalue weighted by Gasteiger charge is 2.35. The predicted molar refractivity (Wildman–Crippen MR) is 53.6 cm³/mol. The molecule has 1 nitrogen and oxygen atoms in total. The van der Waals surface area contributed by atoms with E-state index >= 15 is 0 Å². The first-order chi connectivity index (χ1) is 6.86. The molecule has 1 aliphatic carbocycles. The van der Waals surface area contributed by atoms with Crippen LogP contribution in [0.15, 0.2) is 18.2 Å². The third kappa shape index (κ3) is 1.25. The van der Waals surface area contributed by atoms with Gasteiger partial charge in [-0.3, -0.25) is 0 Å². The number of hydrogen-bond acceptors (Lipinski definition) is 1. The van der Waals surface area contributed by atoms with Gasteiger partial charge in [0.25, 0.3) is 0 Å². The van der Waals surface area contributed by atoms with Gasteiger partial charge in [-0.2, -0.15) is 0 Å². The molecule has 1 aliphatic heterocycles. The summed E-state index contributed by atoms with van der Waals surface area (Å²) in [5.41, 5.74) is 2.15. The maximum Gasteiger partial charge on any atom is 0.126 e. The average molecular weight is 191 g/mol. The lowest BCUT2D eigenvalue weighted by Gasteiger charge is -2.27. The average Bonchev–Trinajstić information content (AvgIpc) is 3.01. The molecular weight excluding hydrogens is 177 g/mol. The van der Waals surface area contributed by atoms with Crippen molar-refractivity contribution in [3.8, 4) is 0 Å². The van der Waals surface area contributed by atoms with Crippen molar-refractivity contribution in [1.82, 2.24) is 5.32 Å². The van der Waals surface area contributed by atoms with Crippen LogP contribution in [0.4, 0.5) is 4.39 Å². The Morgan fingerprint density at radius 2 is 2.14 bits per heavy atom. The molecule has 0 saturated heterocycles. The van der Waals surface area contributed by atoms with Gasteiger partial charge in [-0.25, -0.2) is 4.39 Å². The van der Waals surface area contributed by atoms with Crippen LogP contribution in [0.2, 0.25) is 0 Å². The topological polar surface area (TPSA) is 12.0 Å². The Morgan fingerprint density at radius 1 is 1.29 bits per heavy atom. The first kappa shape index (κ1) is 8.42. The molecule has 2 aliphatic rings. The van der Waals surface area contributed by atoms with Crippen LogP contribution in [0.1, 0.15) is 30.0 Å². The maximum absolute atomic E-state index is 13.5. The molecule has 1 fully saturated rings. The smallest absolute Gasteiger partial charge is 0.126 e. The summed E-state index contributed by atoms with van der Waals surface area (Å²) >= 11 is 0. The molecule has 0 amide bonds. The summed E-state index contributed by atoms with van der Waals surface area (Å²) in [6.07, 6.45) is 3.44. The Kier molecular flexibility index (Phi) is 1.84. The lowest BCUT2D eigenvalue weighted by molar-refractivity contribution is 0.446. The lowest BCUT2D eigenvalue weighted by Crippen LogP contribution is -2.31. The van der Waals surface area contributed by atoms with Crippen molar-refractivity contribution in [2.75, 3.05) is 6.54 Å². The number of rotatable bonds is 1. The molecule has 2 heteroatoms. The van der Waals surface area contributed by atoms with Crippen LogP contribution < -0.4 is 5.32 Å². The van der Waals surface area contributed by atoms with Crippen LogP contribution in [-0.4, -0.2) is 6.54 Å². The second-order valence-electron chi connectivity index (χ2n) is 4.33. The highest BCUT2D eigenvalue weighted by atomic mass is 19.1. The van der Waals surface area contributed by atoms with Crippen molar-refractivity contribution in [2.45, 2.75) is 25.3 Å². The van der Waals surface area contributed by atoms with Crippen LogP contribution >= 0.6 is 0 Å². The van der Waals surface area contributed by atoms with E-state index < -0.39 is 0 Å². The van der Waals surface area contributed by atoms with Gasteiger partial charge >= 0.3 is 0 Å². The highest BCUT2D eigenvalue weighted by molar-refractivity contribution is 5.34. The first-order valence-corrected chi connectivity index (χ1v) is 5.37. The van der Waals surface area contributed by atoms with Crippen molar-refractivity contribution in [3.05, 3.63) is 35.1 Å². The Morgan fingerprint density at radius 3 is 2.93 bits per heavy atom. The molecule has 0 radical (unpaired) electrons. The van der Waals surface area contributed by atoms with E-state index in [2.05, 4.69) is 11.4 Å². The van der Waals surface area contributed by atoms with Gasteiger partial charge in [-0.05, 0) is 48.9 Å². The quantitative estimate of drug-likeness (QED) is 0.718. The number of nitrogens with one attached hydrogen (secondary N) is 1. The van der Waals surface area contributed by atoms with Crippen LogP contribution in [0.3, 0.4) is 0 Å². The van der Waals surface area contributed by atoms with E-state index in [-0.39, 0.29) is 5.82 Å². The molecule has 1 unspecified atom stereocenters. The monoisotopic (exact) mass is 191 g/mol. The van der Waals surface area contributed by atoms with Crippen molar-refractivity contribution < 1.29 is 4.39 Å². The molecular formula is C12H14FN. The second-order valence-corrected chi connectivity index (χ2v) is 4.33. The molecule has 1 heterocycles. The Hall–Kier alpha value is -0.890. The van der Waals surface area contributed by atoms with Gasteiger partial charge in [0.2, 0.25) is 0 Å². The van der Waals surface area contributed by atoms with Gasteiger partial charge in [0.05, 0.1) is 0 Å². The minimum absolute atomic E-state index is 0.0188. The summed E-state index contributed by atoms with van der Waals surface area (Å²) in [4.78, 5) is 0. The van der Waals surface area contributed by atoms with Crippen molar-refractivity contribution in [2.24, 2.45) is 5.92 Å². The Bertz CT molecular complexity index is 357. The van der Waals surface area contributed by atoms with E-state index in [0.29, 0.717) is 6.04 Å². The van der Waals surface area contributed by atoms with Crippen LogP contribution in [0, 0.1) is 11.7 Å². The van der Waals surface area contributed by atoms with E-state index in [1.807, 2.05) is 6.07 Å². The second kappa shape index (κ2) is 3.06. The number of fused-ring (bicyclic) bond motifs is 1. The van der Waals surface area contributed by atoms with Crippen molar-refractivity contribution in [3.63, 3.8) is 0 Å². The summed E-state index contributed by atoms with van der Waals surface area (Å²) < 4.78 is 13.5. The van der Waals surface area contributed by atoms with E-state index in [9.17, 15) is 4.39 Å². The molecule has 1 aromatic rings. The molecule has 14 heavy (non-hydrogen) atoms. The molecule has 0 aromatic heterocycles. The zero-order chi connectivity index (χ0) is 9.54. The highest BCUT2D eigenvalue weighted by Crippen LogP contribution is 2.43. The van der Waals surface area contributed by atoms with Gasteiger partial charge in [-0.1, -0.05) is 12.1 Å². The fourth-order valence-electron chi connectivity index (χ4n) is 2.44. The summed E-state index contributed by atoms with van der Waals surface area (Å²) in [5.74, 6) is 0.741. The van der Waals surface area contributed by atoms with Gasteiger partial charge in [0.1, 0.15) is 5.82 Å². The van der Waals surface area contributed by atoms with Crippen molar-refractivity contribution in [1.29, 1.82) is 0 Å². The van der Waals surface area contributed by atoms with E-state index in [4.69, 9.17) is 0 Å². The number of hydrogen-bond donors (Lipinski definition) is 1. The van der Waals surface area contributed by atoms with Gasteiger partial charge in [0, 0.05) is 6.04 Å². The molecule has 1 saturated carbocycles. The Balaban J connectivity index is 2.05. The number of benzene rings is 1. The van der Waals surface area contributed by atoms with Crippen LogP contribution in [-0.2, 0) is 6.42 Å². The van der Waals surface area contributed by atoms with Gasteiger partial charge < -0.3 is 5.32 Å². The minimum Gasteiger partial charge on any atom is -0.309 e. The summed E-state index contributed by atoms with van der Waals surface area (Å²) in [6.45, 7) is 0.926. The molecule has 0 spiro atoms. The maximum atomic E-state index is 13.5. The SMILES string of the molecule is Fc1cccc2c1CCNC2C1CC1. The minimum atomic E-state index is -0.0188. The summed E-state index contributed by atoms with van der Waals surface area (Å²) in [7, 11) is 0. The zero-order valence-corrected chi connectivity index (χ0v) is 8.09. The van der Waals surface area contributed by atoms with Crippen molar-refractivity contribution >= 4 is 0 Å². The molecule has 1 N–H and O–H groups in total. The molecule has 1 atom stereocenters. The molecule has 74 valence electrons. The lowest BCUT2D eigenvalue weighted by atomic mass is 9.91. The predicted octanol–water partition coefficient (Wildman–Crippen LogP) is 2.42. The fraction of sp³-hybridized carbons (Fsp3) is 0.500. The third-order valence-corrected chi connectivity index (χ3v) is 3.32. The van der Waals surface area contributed by atoms with Gasteiger partial charge in [0.15, 0.2) is 0 Å². The molecule has 0 bridgehead atoms. The third-order valence-electron chi connectivity index (χ3n) is 3.32. The largest absolute Gasteiger partial charge is 0.309 e. The normalized spacial score (nSPS) is 25.9. The number of halogens is 1. The standard InChI is InChI=1S/C12H14FN/c13-11-3-1-2-10-9(11)6-7-14-12(10)8-4-5-8/h1-3,8,12,14H,4-7H2. The van der Waals surface area contributed by atoms with Crippen LogP contribution in [0.25, 0.3) is 0 Å². The van der Waals surface area contributed by atoms with Crippen LogP contribution in [0.5, 0.6) is 0 Å². The Labute approximate surface area is 83.3 Å². The van der Waals surface area contributed by atoms with Gasteiger partial charge in [-0.15, -0.1) is 0 Å². The van der Waals surface area contributed by atoms with E-state index in [1.165, 1.54) is 18.4 Å². The summed E-state index contributed by atoms with van der Waals surface area (Å²) in [6, 6.07) is 5.91. The molecule has 3 rings (SSSR count). The zero-order valence-electron chi connectivity index (χ0n) is 8.09.